The lowest BCUT2D eigenvalue weighted by Crippen LogP contribution is -2.51. The first-order valence-corrected chi connectivity index (χ1v) is 8.64. The van der Waals surface area contributed by atoms with Gasteiger partial charge in [0.25, 0.3) is 0 Å². The van der Waals surface area contributed by atoms with E-state index in [2.05, 4.69) is 20.2 Å². The molecule has 7 heteroatoms. The molecule has 1 N–H and O–H groups in total. The van der Waals surface area contributed by atoms with E-state index in [1.54, 1.807) is 11.3 Å². The fraction of sp³-hybridized carbons (Fsp3) is 0.438. The fourth-order valence-corrected chi connectivity index (χ4v) is 3.31. The highest BCUT2D eigenvalue weighted by molar-refractivity contribution is 7.09. The van der Waals surface area contributed by atoms with Crippen molar-refractivity contribution in [3.8, 4) is 0 Å². The van der Waals surface area contributed by atoms with Gasteiger partial charge in [-0.3, -0.25) is 9.88 Å². The standard InChI is InChI=1S/C16H21N5OS/c1-13-12-23-15(19-13)10-18-16(22)21-8-6-20(7-9-21)11-14-2-4-17-5-3-14/h2-5,12H,6-11H2,1H3,(H,18,22). The molecule has 3 rings (SSSR count). The SMILES string of the molecule is Cc1csc(CNC(=O)N2CCN(Cc3ccncc3)CC2)n1. The average molecular weight is 331 g/mol. The van der Waals surface area contributed by atoms with E-state index >= 15 is 0 Å². The highest BCUT2D eigenvalue weighted by Crippen LogP contribution is 2.10. The number of aromatic nitrogens is 2. The number of urea groups is 1. The van der Waals surface area contributed by atoms with Gasteiger partial charge in [-0.25, -0.2) is 9.78 Å². The third kappa shape index (κ3) is 4.49. The van der Waals surface area contributed by atoms with Gasteiger partial charge in [0.05, 0.1) is 6.54 Å². The third-order valence-corrected chi connectivity index (χ3v) is 4.84. The molecule has 6 nitrogen and oxygen atoms in total. The van der Waals surface area contributed by atoms with Crippen molar-refractivity contribution in [2.45, 2.75) is 20.0 Å². The van der Waals surface area contributed by atoms with Gasteiger partial charge in [0.1, 0.15) is 5.01 Å². The van der Waals surface area contributed by atoms with Crippen LogP contribution in [0.5, 0.6) is 0 Å². The van der Waals surface area contributed by atoms with E-state index in [0.29, 0.717) is 6.54 Å². The number of amides is 2. The van der Waals surface area contributed by atoms with E-state index < -0.39 is 0 Å². The van der Waals surface area contributed by atoms with E-state index in [1.807, 2.05) is 41.7 Å². The molecular formula is C16H21N5OS. The van der Waals surface area contributed by atoms with E-state index in [-0.39, 0.29) is 6.03 Å². The zero-order valence-corrected chi connectivity index (χ0v) is 14.1. The Morgan fingerprint density at radius 1 is 1.26 bits per heavy atom. The minimum atomic E-state index is 0.00131. The largest absolute Gasteiger partial charge is 0.331 e. The van der Waals surface area contributed by atoms with Crippen molar-refractivity contribution >= 4 is 17.4 Å². The predicted octanol–water partition coefficient (Wildman–Crippen LogP) is 1.87. The zero-order chi connectivity index (χ0) is 16.1. The summed E-state index contributed by atoms with van der Waals surface area (Å²) in [4.78, 5) is 24.8. The highest BCUT2D eigenvalue weighted by Gasteiger charge is 2.21. The van der Waals surface area contributed by atoms with Crippen LogP contribution in [-0.4, -0.2) is 52.0 Å². The molecule has 1 aliphatic heterocycles. The van der Waals surface area contributed by atoms with Crippen molar-refractivity contribution in [3.63, 3.8) is 0 Å². The number of thiazole rings is 1. The van der Waals surface area contributed by atoms with Gasteiger partial charge in [-0.15, -0.1) is 11.3 Å². The normalized spacial score (nSPS) is 15.6. The summed E-state index contributed by atoms with van der Waals surface area (Å²) in [5.74, 6) is 0. The second-order valence-electron chi connectivity index (χ2n) is 5.66. The van der Waals surface area contributed by atoms with E-state index in [9.17, 15) is 4.79 Å². The molecule has 0 saturated carbocycles. The summed E-state index contributed by atoms with van der Waals surface area (Å²) in [5, 5.41) is 5.91. The minimum absolute atomic E-state index is 0.00131. The van der Waals surface area contributed by atoms with Gasteiger partial charge >= 0.3 is 6.03 Å². The van der Waals surface area contributed by atoms with Crippen molar-refractivity contribution in [2.24, 2.45) is 0 Å². The van der Waals surface area contributed by atoms with E-state index in [0.717, 1.165) is 43.4 Å². The number of hydrogen-bond acceptors (Lipinski definition) is 5. The number of carbonyl (C=O) groups is 1. The molecule has 1 fully saturated rings. The van der Waals surface area contributed by atoms with Crippen LogP contribution >= 0.6 is 11.3 Å². The molecule has 0 aliphatic carbocycles. The maximum atomic E-state index is 12.2. The maximum Gasteiger partial charge on any atom is 0.317 e. The first kappa shape index (κ1) is 15.9. The summed E-state index contributed by atoms with van der Waals surface area (Å²) in [6, 6.07) is 4.07. The zero-order valence-electron chi connectivity index (χ0n) is 13.2. The quantitative estimate of drug-likeness (QED) is 0.929. The first-order valence-electron chi connectivity index (χ1n) is 7.76. The molecule has 0 bridgehead atoms. The van der Waals surface area contributed by atoms with Crippen LogP contribution in [0.25, 0.3) is 0 Å². The Morgan fingerprint density at radius 2 is 2.00 bits per heavy atom. The Bertz CT molecular complexity index is 637. The molecule has 0 atom stereocenters. The van der Waals surface area contributed by atoms with Gasteiger partial charge in [0, 0.05) is 56.2 Å². The van der Waals surface area contributed by atoms with Crippen LogP contribution in [0.4, 0.5) is 4.79 Å². The number of nitrogens with zero attached hydrogens (tertiary/aromatic N) is 4. The van der Waals surface area contributed by atoms with Crippen molar-refractivity contribution < 1.29 is 4.79 Å². The Balaban J connectivity index is 1.42. The lowest BCUT2D eigenvalue weighted by atomic mass is 10.2. The third-order valence-electron chi connectivity index (χ3n) is 3.87. The summed E-state index contributed by atoms with van der Waals surface area (Å²) < 4.78 is 0. The molecule has 2 aromatic rings. The Kier molecular flexibility index (Phi) is 5.19. The number of nitrogens with one attached hydrogen (secondary N) is 1. The maximum absolute atomic E-state index is 12.2. The van der Waals surface area contributed by atoms with Crippen molar-refractivity contribution in [1.29, 1.82) is 0 Å². The van der Waals surface area contributed by atoms with Gasteiger partial charge < -0.3 is 10.2 Å². The number of pyridine rings is 1. The molecule has 0 radical (unpaired) electrons. The number of piperazine rings is 1. The van der Waals surface area contributed by atoms with Crippen molar-refractivity contribution in [3.05, 3.63) is 46.2 Å². The Hall–Kier alpha value is -1.99. The molecule has 0 spiro atoms. The summed E-state index contributed by atoms with van der Waals surface area (Å²) in [6.07, 6.45) is 3.64. The number of aryl methyl sites for hydroxylation is 1. The monoisotopic (exact) mass is 331 g/mol. The summed E-state index contributed by atoms with van der Waals surface area (Å²) in [5.41, 5.74) is 2.26. The van der Waals surface area contributed by atoms with Gasteiger partial charge in [-0.1, -0.05) is 0 Å². The van der Waals surface area contributed by atoms with Crippen molar-refractivity contribution in [1.82, 2.24) is 25.1 Å². The second kappa shape index (κ2) is 7.52. The Morgan fingerprint density at radius 3 is 2.65 bits per heavy atom. The lowest BCUT2D eigenvalue weighted by Gasteiger charge is -2.34. The average Bonchev–Trinajstić information content (AvgIpc) is 3.00. The smallest absolute Gasteiger partial charge is 0.317 e. The molecular weight excluding hydrogens is 310 g/mol. The molecule has 3 heterocycles. The summed E-state index contributed by atoms with van der Waals surface area (Å²) in [6.45, 7) is 6.69. The Labute approximate surface area is 140 Å². The molecule has 122 valence electrons. The van der Waals surface area contributed by atoms with Crippen LogP contribution in [0.3, 0.4) is 0 Å². The summed E-state index contributed by atoms with van der Waals surface area (Å²) in [7, 11) is 0. The number of rotatable bonds is 4. The van der Waals surface area contributed by atoms with E-state index in [1.165, 1.54) is 5.56 Å². The van der Waals surface area contributed by atoms with Crippen LogP contribution in [0.15, 0.2) is 29.9 Å². The predicted molar refractivity (Wildman–Crippen MR) is 90.2 cm³/mol. The lowest BCUT2D eigenvalue weighted by molar-refractivity contribution is 0.135. The number of hydrogen-bond donors (Lipinski definition) is 1. The molecule has 2 aromatic heterocycles. The van der Waals surface area contributed by atoms with Crippen LogP contribution in [0.1, 0.15) is 16.3 Å². The topological polar surface area (TPSA) is 61.4 Å². The van der Waals surface area contributed by atoms with Gasteiger partial charge in [0.15, 0.2) is 0 Å². The van der Waals surface area contributed by atoms with Crippen LogP contribution < -0.4 is 5.32 Å². The molecule has 2 amide bonds. The van der Waals surface area contributed by atoms with Crippen molar-refractivity contribution in [2.75, 3.05) is 26.2 Å². The first-order chi connectivity index (χ1) is 11.2. The second-order valence-corrected chi connectivity index (χ2v) is 6.60. The minimum Gasteiger partial charge on any atom is -0.331 e. The van der Waals surface area contributed by atoms with Crippen LogP contribution in [0.2, 0.25) is 0 Å². The van der Waals surface area contributed by atoms with Crippen LogP contribution in [0, 0.1) is 6.92 Å². The molecule has 1 aliphatic rings. The van der Waals surface area contributed by atoms with Crippen LogP contribution in [-0.2, 0) is 13.1 Å². The number of carbonyl (C=O) groups excluding carboxylic acids is 1. The van der Waals surface area contributed by atoms with Gasteiger partial charge in [-0.05, 0) is 24.6 Å². The van der Waals surface area contributed by atoms with Gasteiger partial charge in [-0.2, -0.15) is 0 Å². The molecule has 0 aromatic carbocycles. The molecule has 23 heavy (non-hydrogen) atoms. The fourth-order valence-electron chi connectivity index (χ4n) is 2.60. The van der Waals surface area contributed by atoms with Gasteiger partial charge in [0.2, 0.25) is 0 Å². The van der Waals surface area contributed by atoms with E-state index in [4.69, 9.17) is 0 Å². The highest BCUT2D eigenvalue weighted by atomic mass is 32.1. The molecule has 0 unspecified atom stereocenters. The summed E-state index contributed by atoms with van der Waals surface area (Å²) >= 11 is 1.58. The molecule has 1 saturated heterocycles.